The molecule has 0 saturated heterocycles. The smallest absolute Gasteiger partial charge is 0.303 e. The van der Waals surface area contributed by atoms with Crippen LogP contribution in [-0.2, 0) is 16.0 Å². The van der Waals surface area contributed by atoms with Crippen molar-refractivity contribution in [2.24, 2.45) is 5.73 Å². The van der Waals surface area contributed by atoms with Gasteiger partial charge >= 0.3 is 5.97 Å². The molecule has 1 amide bonds. The van der Waals surface area contributed by atoms with E-state index in [-0.39, 0.29) is 18.4 Å². The monoisotopic (exact) mass is 276 g/mol. The molecule has 5 nitrogen and oxygen atoms in total. The van der Waals surface area contributed by atoms with Crippen LogP contribution in [0.2, 0.25) is 0 Å². The quantitative estimate of drug-likeness (QED) is 0.768. The molecule has 0 saturated carbocycles. The Labute approximate surface area is 118 Å². The highest BCUT2D eigenvalue weighted by Gasteiger charge is 2.15. The van der Waals surface area contributed by atoms with Gasteiger partial charge in [0.05, 0.1) is 0 Å². The van der Waals surface area contributed by atoms with Crippen molar-refractivity contribution in [1.29, 1.82) is 0 Å². The molecular weight excluding hydrogens is 256 g/mol. The van der Waals surface area contributed by atoms with Crippen LogP contribution in [0.1, 0.15) is 49.3 Å². The van der Waals surface area contributed by atoms with Crippen molar-refractivity contribution in [3.63, 3.8) is 0 Å². The van der Waals surface area contributed by atoms with Gasteiger partial charge in [-0.3, -0.25) is 9.59 Å². The Kier molecular flexibility index (Phi) is 4.74. The minimum Gasteiger partial charge on any atom is -0.481 e. The Morgan fingerprint density at radius 2 is 2.20 bits per heavy atom. The van der Waals surface area contributed by atoms with Crippen molar-refractivity contribution in [3.8, 4) is 0 Å². The standard InChI is InChI=1S/C15H20N2O3/c16-12(4-2-6-15(19)20)10-7-8-13-11(9-10)3-1-5-14(18)17-13/h7-9,12H,1-6,16H2,(H,17,18)(H,19,20). The fourth-order valence-corrected chi connectivity index (χ4v) is 2.47. The SMILES string of the molecule is NC(CCCC(=O)O)c1ccc2c(c1)CCCC(=O)N2. The van der Waals surface area contributed by atoms with E-state index in [0.717, 1.165) is 29.7 Å². The minimum absolute atomic E-state index is 0.0576. The van der Waals surface area contributed by atoms with Gasteiger partial charge in [0.25, 0.3) is 0 Å². The summed E-state index contributed by atoms with van der Waals surface area (Å²) in [6.45, 7) is 0. The lowest BCUT2D eigenvalue weighted by molar-refractivity contribution is -0.137. The number of nitrogens with one attached hydrogen (secondary N) is 1. The molecule has 0 aliphatic carbocycles. The van der Waals surface area contributed by atoms with Crippen LogP contribution in [0.4, 0.5) is 5.69 Å². The molecular formula is C15H20N2O3. The summed E-state index contributed by atoms with van der Waals surface area (Å²) in [4.78, 5) is 22.0. The van der Waals surface area contributed by atoms with Gasteiger partial charge in [-0.15, -0.1) is 0 Å². The Bertz CT molecular complexity index is 514. The van der Waals surface area contributed by atoms with Gasteiger partial charge < -0.3 is 16.2 Å². The van der Waals surface area contributed by atoms with E-state index < -0.39 is 5.97 Å². The zero-order chi connectivity index (χ0) is 14.5. The topological polar surface area (TPSA) is 92.4 Å². The molecule has 0 bridgehead atoms. The molecule has 20 heavy (non-hydrogen) atoms. The molecule has 108 valence electrons. The third-order valence-electron chi connectivity index (χ3n) is 3.59. The first-order chi connectivity index (χ1) is 9.56. The van der Waals surface area contributed by atoms with Gasteiger partial charge in [0.1, 0.15) is 0 Å². The van der Waals surface area contributed by atoms with Crippen molar-refractivity contribution in [2.75, 3.05) is 5.32 Å². The van der Waals surface area contributed by atoms with Gasteiger partial charge in [-0.2, -0.15) is 0 Å². The Balaban J connectivity index is 2.04. The first-order valence-electron chi connectivity index (χ1n) is 6.96. The highest BCUT2D eigenvalue weighted by Crippen LogP contribution is 2.26. The van der Waals surface area contributed by atoms with Crippen molar-refractivity contribution in [2.45, 2.75) is 44.6 Å². The van der Waals surface area contributed by atoms with Crippen LogP contribution in [0.25, 0.3) is 0 Å². The summed E-state index contributed by atoms with van der Waals surface area (Å²) in [7, 11) is 0. The van der Waals surface area contributed by atoms with Gasteiger partial charge in [-0.25, -0.2) is 0 Å². The van der Waals surface area contributed by atoms with Crippen LogP contribution in [0, 0.1) is 0 Å². The van der Waals surface area contributed by atoms with E-state index in [1.165, 1.54) is 0 Å². The number of amides is 1. The highest BCUT2D eigenvalue weighted by molar-refractivity contribution is 5.92. The number of fused-ring (bicyclic) bond motifs is 1. The number of carboxylic acids is 1. The van der Waals surface area contributed by atoms with E-state index >= 15 is 0 Å². The summed E-state index contributed by atoms with van der Waals surface area (Å²) >= 11 is 0. The zero-order valence-corrected chi connectivity index (χ0v) is 11.4. The van der Waals surface area contributed by atoms with Crippen LogP contribution in [0.5, 0.6) is 0 Å². The average Bonchev–Trinajstić information content (AvgIpc) is 2.57. The number of aliphatic carboxylic acids is 1. The molecule has 1 unspecified atom stereocenters. The van der Waals surface area contributed by atoms with Crippen LogP contribution in [-0.4, -0.2) is 17.0 Å². The lowest BCUT2D eigenvalue weighted by Crippen LogP contribution is -2.12. The van der Waals surface area contributed by atoms with Gasteiger partial charge in [-0.05, 0) is 42.9 Å². The second kappa shape index (κ2) is 6.52. The minimum atomic E-state index is -0.790. The molecule has 4 N–H and O–H groups in total. The number of aryl methyl sites for hydroxylation is 1. The number of benzene rings is 1. The number of carboxylic acid groups (broad SMARTS) is 1. The van der Waals surface area contributed by atoms with Crippen molar-refractivity contribution >= 4 is 17.6 Å². The number of hydrogen-bond acceptors (Lipinski definition) is 3. The molecule has 0 fully saturated rings. The summed E-state index contributed by atoms with van der Waals surface area (Å²) in [5.74, 6) is -0.732. The molecule has 1 aliphatic rings. The molecule has 1 atom stereocenters. The number of anilines is 1. The highest BCUT2D eigenvalue weighted by atomic mass is 16.4. The molecule has 1 aliphatic heterocycles. The van der Waals surface area contributed by atoms with Crippen molar-refractivity contribution in [1.82, 2.24) is 0 Å². The first-order valence-corrected chi connectivity index (χ1v) is 6.96. The molecule has 0 spiro atoms. The third-order valence-corrected chi connectivity index (χ3v) is 3.59. The van der Waals surface area contributed by atoms with Crippen LogP contribution in [0.15, 0.2) is 18.2 Å². The molecule has 1 aromatic carbocycles. The summed E-state index contributed by atoms with van der Waals surface area (Å²) < 4.78 is 0. The van der Waals surface area contributed by atoms with Crippen molar-refractivity contribution in [3.05, 3.63) is 29.3 Å². The predicted molar refractivity (Wildman–Crippen MR) is 76.4 cm³/mol. The second-order valence-corrected chi connectivity index (χ2v) is 5.21. The normalized spacial score (nSPS) is 15.9. The maximum Gasteiger partial charge on any atom is 0.303 e. The molecule has 0 aromatic heterocycles. The first kappa shape index (κ1) is 14.5. The maximum absolute atomic E-state index is 11.5. The second-order valence-electron chi connectivity index (χ2n) is 5.21. The maximum atomic E-state index is 11.5. The molecule has 1 aromatic rings. The van der Waals surface area contributed by atoms with Crippen LogP contribution in [0.3, 0.4) is 0 Å². The number of hydrogen-bond donors (Lipinski definition) is 3. The Morgan fingerprint density at radius 1 is 1.40 bits per heavy atom. The van der Waals surface area contributed by atoms with E-state index in [2.05, 4.69) is 5.32 Å². The Morgan fingerprint density at radius 3 is 2.95 bits per heavy atom. The number of nitrogens with two attached hydrogens (primary N) is 1. The Hall–Kier alpha value is -1.88. The van der Waals surface area contributed by atoms with Gasteiger partial charge in [0.15, 0.2) is 0 Å². The van der Waals surface area contributed by atoms with Crippen molar-refractivity contribution < 1.29 is 14.7 Å². The summed E-state index contributed by atoms with van der Waals surface area (Å²) in [5, 5.41) is 11.5. The van der Waals surface area contributed by atoms with E-state index in [1.807, 2.05) is 18.2 Å². The number of rotatable bonds is 5. The van der Waals surface area contributed by atoms with Gasteiger partial charge in [0.2, 0.25) is 5.91 Å². The number of carbonyl (C=O) groups excluding carboxylic acids is 1. The van der Waals surface area contributed by atoms with Gasteiger partial charge in [0, 0.05) is 24.6 Å². The number of carbonyl (C=O) groups is 2. The molecule has 5 heteroatoms. The van der Waals surface area contributed by atoms with Gasteiger partial charge in [-0.1, -0.05) is 12.1 Å². The summed E-state index contributed by atoms with van der Waals surface area (Å²) in [6.07, 6.45) is 3.63. The van der Waals surface area contributed by atoms with Crippen LogP contribution < -0.4 is 11.1 Å². The lowest BCUT2D eigenvalue weighted by Gasteiger charge is -2.14. The predicted octanol–water partition coefficient (Wildman–Crippen LogP) is 2.22. The molecule has 0 radical (unpaired) electrons. The largest absolute Gasteiger partial charge is 0.481 e. The average molecular weight is 276 g/mol. The summed E-state index contributed by atoms with van der Waals surface area (Å²) in [6, 6.07) is 5.69. The molecule has 1 heterocycles. The van der Waals surface area contributed by atoms with E-state index in [4.69, 9.17) is 10.8 Å². The fraction of sp³-hybridized carbons (Fsp3) is 0.467. The van der Waals surface area contributed by atoms with E-state index in [0.29, 0.717) is 19.3 Å². The third kappa shape index (κ3) is 3.81. The zero-order valence-electron chi connectivity index (χ0n) is 11.4. The lowest BCUT2D eigenvalue weighted by atomic mass is 9.97. The molecule has 2 rings (SSSR count). The van der Waals surface area contributed by atoms with E-state index in [1.54, 1.807) is 0 Å². The summed E-state index contributed by atoms with van der Waals surface area (Å²) in [5.41, 5.74) is 9.09. The van der Waals surface area contributed by atoms with E-state index in [9.17, 15) is 9.59 Å². The fourth-order valence-electron chi connectivity index (χ4n) is 2.47. The van der Waals surface area contributed by atoms with Crippen LogP contribution >= 0.6 is 0 Å².